The molecule has 0 spiro atoms. The number of nitrogens with two attached hydrogens (primary N) is 1. The van der Waals surface area contributed by atoms with Gasteiger partial charge >= 0.3 is 0 Å². The molecule has 1 saturated carbocycles. The molecule has 1 rings (SSSR count). The zero-order valence-corrected chi connectivity index (χ0v) is 7.96. The zero-order chi connectivity index (χ0) is 9.19. The molecule has 0 bridgehead atoms. The minimum Gasteiger partial charge on any atom is -0.377 e. The van der Waals surface area contributed by atoms with E-state index in [4.69, 9.17) is 15.2 Å². The van der Waals surface area contributed by atoms with Crippen LogP contribution in [0.3, 0.4) is 0 Å². The van der Waals surface area contributed by atoms with Crippen LogP contribution in [0.25, 0.3) is 0 Å². The van der Waals surface area contributed by atoms with Crippen molar-refractivity contribution in [2.45, 2.75) is 31.2 Å². The molecule has 3 atom stereocenters. The predicted molar refractivity (Wildman–Crippen MR) is 58.1 cm³/mol. The fraction of sp³-hybridized carbons (Fsp3) is 1.00. The molecule has 0 aromatic carbocycles. The van der Waals surface area contributed by atoms with Gasteiger partial charge in [-0.2, -0.15) is 0 Å². The van der Waals surface area contributed by atoms with Crippen LogP contribution in [0.2, 0.25) is 0 Å². The second-order valence-electron chi connectivity index (χ2n) is 3.38. The fourth-order valence-electron chi connectivity index (χ4n) is 1.30. The van der Waals surface area contributed by atoms with Crippen molar-refractivity contribution in [3.8, 4) is 0 Å². The highest BCUT2D eigenvalue weighted by atomic mass is 28.1. The van der Waals surface area contributed by atoms with E-state index in [0.29, 0.717) is 0 Å². The maximum Gasteiger partial charge on any atom is 0.148 e. The van der Waals surface area contributed by atoms with Gasteiger partial charge in [-0.05, 0) is 17.9 Å². The predicted octanol–water partition coefficient (Wildman–Crippen LogP) is -1.77. The third-order valence-electron chi connectivity index (χ3n) is 2.22. The molecule has 0 saturated heterocycles. The van der Waals surface area contributed by atoms with Gasteiger partial charge in [-0.1, -0.05) is 0 Å². The first-order valence-electron chi connectivity index (χ1n) is 4.23. The van der Waals surface area contributed by atoms with E-state index in [1.165, 1.54) is 0 Å². The highest BCUT2D eigenvalue weighted by Crippen LogP contribution is 2.38. The summed E-state index contributed by atoms with van der Waals surface area (Å²) in [5.74, 6) is 0. The Labute approximate surface area is 84.2 Å². The second-order valence-corrected chi connectivity index (χ2v) is 3.38. The van der Waals surface area contributed by atoms with Crippen molar-refractivity contribution in [1.82, 2.24) is 5.32 Å². The van der Waals surface area contributed by atoms with Crippen molar-refractivity contribution < 1.29 is 9.47 Å². The average Bonchev–Trinajstić information content (AvgIpc) is 2.76. The lowest BCUT2D eigenvalue weighted by Gasteiger charge is -2.18. The highest BCUT2D eigenvalue weighted by Gasteiger charge is 2.55. The van der Waals surface area contributed by atoms with Crippen molar-refractivity contribution in [1.29, 1.82) is 0 Å². The molecule has 13 heavy (non-hydrogen) atoms. The van der Waals surface area contributed by atoms with E-state index in [9.17, 15) is 0 Å². The summed E-state index contributed by atoms with van der Waals surface area (Å²) in [5, 5.41) is 3.25. The molecule has 1 aliphatic carbocycles. The standard InChI is InChI=1S/C8H18N2O2.H4Si/c1-6(9)5-10-8(12-3)4-7(8)11-2;/h6-7,10H,4-5,9H2,1-3H3;1H4. The van der Waals surface area contributed by atoms with Gasteiger partial charge in [0, 0.05) is 33.2 Å². The van der Waals surface area contributed by atoms with Crippen molar-refractivity contribution >= 4 is 11.0 Å². The normalized spacial score (nSPS) is 33.7. The molecule has 0 amide bonds. The molecular weight excluding hydrogens is 184 g/mol. The first kappa shape index (κ1) is 13.1. The summed E-state index contributed by atoms with van der Waals surface area (Å²) in [5.41, 5.74) is 5.35. The van der Waals surface area contributed by atoms with Gasteiger partial charge in [0.25, 0.3) is 0 Å². The molecule has 0 radical (unpaired) electrons. The first-order valence-corrected chi connectivity index (χ1v) is 4.23. The Morgan fingerprint density at radius 1 is 1.62 bits per heavy atom. The Balaban J connectivity index is 0.00000144. The lowest BCUT2D eigenvalue weighted by Crippen LogP contribution is -2.43. The van der Waals surface area contributed by atoms with Crippen molar-refractivity contribution in [2.24, 2.45) is 5.73 Å². The molecule has 1 fully saturated rings. The number of hydrogen-bond donors (Lipinski definition) is 2. The Hall–Kier alpha value is 0.0569. The summed E-state index contributed by atoms with van der Waals surface area (Å²) in [4.78, 5) is 0. The molecule has 5 heteroatoms. The van der Waals surface area contributed by atoms with Gasteiger partial charge in [0.05, 0.1) is 0 Å². The third kappa shape index (κ3) is 3.03. The Morgan fingerprint density at radius 3 is 2.54 bits per heavy atom. The van der Waals surface area contributed by atoms with E-state index in [2.05, 4.69) is 5.32 Å². The molecule has 80 valence electrons. The molecule has 0 heterocycles. The molecule has 0 aromatic rings. The van der Waals surface area contributed by atoms with Gasteiger partial charge in [0.1, 0.15) is 11.8 Å². The van der Waals surface area contributed by atoms with Crippen LogP contribution in [-0.2, 0) is 9.47 Å². The molecule has 0 aliphatic heterocycles. The summed E-state index contributed by atoms with van der Waals surface area (Å²) in [6, 6.07) is 0.148. The van der Waals surface area contributed by atoms with E-state index in [-0.39, 0.29) is 28.8 Å². The van der Waals surface area contributed by atoms with Gasteiger partial charge < -0.3 is 15.2 Å². The number of hydrogen-bond acceptors (Lipinski definition) is 4. The Bertz CT molecular complexity index is 157. The summed E-state index contributed by atoms with van der Waals surface area (Å²) in [6.45, 7) is 2.72. The van der Waals surface area contributed by atoms with E-state index in [1.807, 2.05) is 6.92 Å². The van der Waals surface area contributed by atoms with Gasteiger partial charge in [-0.15, -0.1) is 0 Å². The molecule has 3 unspecified atom stereocenters. The lowest BCUT2D eigenvalue weighted by atomic mass is 10.3. The van der Waals surface area contributed by atoms with Gasteiger partial charge in [-0.3, -0.25) is 5.32 Å². The zero-order valence-electron chi connectivity index (χ0n) is 7.96. The maximum atomic E-state index is 5.61. The van der Waals surface area contributed by atoms with E-state index >= 15 is 0 Å². The minimum absolute atomic E-state index is 0. The van der Waals surface area contributed by atoms with Crippen LogP contribution in [0.1, 0.15) is 13.3 Å². The summed E-state index contributed by atoms with van der Waals surface area (Å²) < 4.78 is 10.5. The van der Waals surface area contributed by atoms with Crippen LogP contribution in [0.4, 0.5) is 0 Å². The van der Waals surface area contributed by atoms with Crippen molar-refractivity contribution in [3.05, 3.63) is 0 Å². The summed E-state index contributed by atoms with van der Waals surface area (Å²) >= 11 is 0. The largest absolute Gasteiger partial charge is 0.377 e. The van der Waals surface area contributed by atoms with Gasteiger partial charge in [-0.25, -0.2) is 0 Å². The molecule has 0 aromatic heterocycles. The maximum absolute atomic E-state index is 5.61. The second kappa shape index (κ2) is 5.07. The van der Waals surface area contributed by atoms with Crippen LogP contribution in [0.5, 0.6) is 0 Å². The monoisotopic (exact) mass is 206 g/mol. The quantitative estimate of drug-likeness (QED) is 0.413. The molecular formula is C8H22N2O2Si. The van der Waals surface area contributed by atoms with Crippen LogP contribution in [0, 0.1) is 0 Å². The summed E-state index contributed by atoms with van der Waals surface area (Å²) in [7, 11) is 3.38. The number of nitrogens with one attached hydrogen (secondary N) is 1. The Morgan fingerprint density at radius 2 is 2.23 bits per heavy atom. The Kier molecular flexibility index (Phi) is 5.09. The highest BCUT2D eigenvalue weighted by molar-refractivity contribution is 5.75. The summed E-state index contributed by atoms with van der Waals surface area (Å²) in [6.07, 6.45) is 1.09. The molecule has 3 N–H and O–H groups in total. The fourth-order valence-corrected chi connectivity index (χ4v) is 1.30. The van der Waals surface area contributed by atoms with Crippen LogP contribution >= 0.6 is 0 Å². The minimum atomic E-state index is -0.262. The van der Waals surface area contributed by atoms with Gasteiger partial charge in [0.15, 0.2) is 0 Å². The third-order valence-corrected chi connectivity index (χ3v) is 2.22. The van der Waals surface area contributed by atoms with Crippen LogP contribution in [0.15, 0.2) is 0 Å². The average molecular weight is 206 g/mol. The SMILES string of the molecule is COC1CC1(NCC(C)N)OC.[SiH4]. The van der Waals surface area contributed by atoms with E-state index in [0.717, 1.165) is 13.0 Å². The molecule has 1 aliphatic rings. The van der Waals surface area contributed by atoms with Gasteiger partial charge in [0.2, 0.25) is 0 Å². The molecule has 4 nitrogen and oxygen atoms in total. The topological polar surface area (TPSA) is 56.5 Å². The van der Waals surface area contributed by atoms with Crippen molar-refractivity contribution in [2.75, 3.05) is 20.8 Å². The lowest BCUT2D eigenvalue weighted by molar-refractivity contribution is -0.00234. The number of rotatable bonds is 5. The number of methoxy groups -OCH3 is 2. The van der Waals surface area contributed by atoms with E-state index < -0.39 is 0 Å². The first-order chi connectivity index (χ1) is 5.64. The van der Waals surface area contributed by atoms with Crippen LogP contribution < -0.4 is 11.1 Å². The smallest absolute Gasteiger partial charge is 0.148 e. The van der Waals surface area contributed by atoms with Crippen LogP contribution in [-0.4, -0.2) is 49.6 Å². The van der Waals surface area contributed by atoms with Crippen molar-refractivity contribution in [3.63, 3.8) is 0 Å². The van der Waals surface area contributed by atoms with E-state index in [1.54, 1.807) is 14.2 Å². The number of ether oxygens (including phenoxy) is 2.